The Kier molecular flexibility index (Phi) is 6.78. The molecule has 30 heavy (non-hydrogen) atoms. The first-order valence-electron chi connectivity index (χ1n) is 9.12. The van der Waals surface area contributed by atoms with Gasteiger partial charge in [-0.1, -0.05) is 30.8 Å². The Morgan fingerprint density at radius 3 is 2.63 bits per heavy atom. The SMILES string of the molecule is CCC(c1cnc(=O)[nH]c1)c1cn(CC(=O)O)c(SCc2ccc(F)cc2)nc1=O. The van der Waals surface area contributed by atoms with Crippen LogP contribution >= 0.6 is 11.8 Å². The zero-order valence-corrected chi connectivity index (χ0v) is 16.9. The number of carboxylic acid groups (broad SMARTS) is 1. The topological polar surface area (TPSA) is 118 Å². The number of carboxylic acids is 1. The molecule has 0 amide bonds. The van der Waals surface area contributed by atoms with Gasteiger partial charge < -0.3 is 14.7 Å². The highest BCUT2D eigenvalue weighted by Gasteiger charge is 2.20. The maximum absolute atomic E-state index is 13.1. The minimum Gasteiger partial charge on any atom is -0.480 e. The molecule has 8 nitrogen and oxygen atoms in total. The molecule has 2 aromatic heterocycles. The summed E-state index contributed by atoms with van der Waals surface area (Å²) in [5.41, 5.74) is 0.787. The fraction of sp³-hybridized carbons (Fsp3) is 0.250. The zero-order chi connectivity index (χ0) is 21.7. The fourth-order valence-corrected chi connectivity index (χ4v) is 3.93. The lowest BCUT2D eigenvalue weighted by Crippen LogP contribution is -2.24. The molecule has 0 aliphatic rings. The van der Waals surface area contributed by atoms with Gasteiger partial charge in [-0.3, -0.25) is 9.59 Å². The van der Waals surface area contributed by atoms with Crippen molar-refractivity contribution in [3.05, 3.63) is 86.2 Å². The third kappa shape index (κ3) is 5.20. The van der Waals surface area contributed by atoms with Gasteiger partial charge in [0.05, 0.1) is 0 Å². The van der Waals surface area contributed by atoms with Gasteiger partial charge in [0, 0.05) is 35.8 Å². The van der Waals surface area contributed by atoms with E-state index in [1.807, 2.05) is 6.92 Å². The van der Waals surface area contributed by atoms with Crippen LogP contribution in [0.15, 0.2) is 57.6 Å². The molecule has 3 rings (SSSR count). The van der Waals surface area contributed by atoms with E-state index in [0.717, 1.165) is 5.56 Å². The highest BCUT2D eigenvalue weighted by atomic mass is 32.2. The number of hydrogen-bond donors (Lipinski definition) is 2. The van der Waals surface area contributed by atoms with Gasteiger partial charge in [-0.25, -0.2) is 14.2 Å². The first kappa shape index (κ1) is 21.4. The van der Waals surface area contributed by atoms with Crippen LogP contribution in [0.4, 0.5) is 4.39 Å². The van der Waals surface area contributed by atoms with E-state index in [-0.39, 0.29) is 17.5 Å². The summed E-state index contributed by atoms with van der Waals surface area (Å²) in [5.74, 6) is -1.43. The van der Waals surface area contributed by atoms with Crippen molar-refractivity contribution in [2.45, 2.75) is 36.7 Å². The molecule has 0 radical (unpaired) electrons. The number of rotatable bonds is 8. The summed E-state index contributed by atoms with van der Waals surface area (Å²) in [6, 6.07) is 5.90. The number of nitrogens with one attached hydrogen (secondary N) is 1. The summed E-state index contributed by atoms with van der Waals surface area (Å²) in [6.07, 6.45) is 4.91. The normalized spacial score (nSPS) is 11.9. The van der Waals surface area contributed by atoms with E-state index in [4.69, 9.17) is 0 Å². The van der Waals surface area contributed by atoms with Crippen molar-refractivity contribution >= 4 is 17.7 Å². The minimum absolute atomic E-state index is 0.255. The van der Waals surface area contributed by atoms with Crippen LogP contribution in [0, 0.1) is 5.82 Å². The second kappa shape index (κ2) is 9.49. The molecule has 0 fully saturated rings. The maximum Gasteiger partial charge on any atom is 0.344 e. The molecule has 1 atom stereocenters. The predicted molar refractivity (Wildman–Crippen MR) is 109 cm³/mol. The maximum atomic E-state index is 13.1. The molecule has 0 aliphatic heterocycles. The average Bonchev–Trinajstić information content (AvgIpc) is 2.71. The number of halogens is 1. The first-order valence-corrected chi connectivity index (χ1v) is 10.1. The summed E-state index contributed by atoms with van der Waals surface area (Å²) in [7, 11) is 0. The highest BCUT2D eigenvalue weighted by Crippen LogP contribution is 2.26. The van der Waals surface area contributed by atoms with Gasteiger partial charge >= 0.3 is 11.7 Å². The Bertz CT molecular complexity index is 1140. The summed E-state index contributed by atoms with van der Waals surface area (Å²) >= 11 is 1.19. The third-order valence-electron chi connectivity index (χ3n) is 4.45. The van der Waals surface area contributed by atoms with Crippen LogP contribution in [-0.2, 0) is 17.1 Å². The second-order valence-electron chi connectivity index (χ2n) is 6.53. The molecule has 0 spiro atoms. The van der Waals surface area contributed by atoms with Crippen molar-refractivity contribution in [2.24, 2.45) is 0 Å². The molecular formula is C20H19FN4O4S. The lowest BCUT2D eigenvalue weighted by Gasteiger charge is -2.17. The smallest absolute Gasteiger partial charge is 0.344 e. The number of hydrogen-bond acceptors (Lipinski definition) is 6. The van der Waals surface area contributed by atoms with Crippen molar-refractivity contribution < 1.29 is 14.3 Å². The molecule has 0 saturated heterocycles. The van der Waals surface area contributed by atoms with Gasteiger partial charge in [-0.2, -0.15) is 4.98 Å². The number of nitrogens with zero attached hydrogens (tertiary/aromatic N) is 3. The average molecular weight is 430 g/mol. The molecular weight excluding hydrogens is 411 g/mol. The Hall–Kier alpha value is -3.27. The molecule has 10 heteroatoms. The largest absolute Gasteiger partial charge is 0.480 e. The summed E-state index contributed by atoms with van der Waals surface area (Å²) in [4.78, 5) is 45.6. The van der Waals surface area contributed by atoms with Crippen molar-refractivity contribution in [3.8, 4) is 0 Å². The van der Waals surface area contributed by atoms with Crippen LogP contribution in [0.5, 0.6) is 0 Å². The first-order chi connectivity index (χ1) is 14.4. The second-order valence-corrected chi connectivity index (χ2v) is 7.48. The van der Waals surface area contributed by atoms with E-state index < -0.39 is 23.1 Å². The summed E-state index contributed by atoms with van der Waals surface area (Å²) < 4.78 is 14.5. The van der Waals surface area contributed by atoms with E-state index in [0.29, 0.717) is 23.3 Å². The van der Waals surface area contributed by atoms with Crippen LogP contribution in [0.3, 0.4) is 0 Å². The van der Waals surface area contributed by atoms with Gasteiger partial charge in [0.25, 0.3) is 5.56 Å². The quantitative estimate of drug-likeness (QED) is 0.416. The van der Waals surface area contributed by atoms with E-state index in [2.05, 4.69) is 15.0 Å². The zero-order valence-electron chi connectivity index (χ0n) is 16.0. The van der Waals surface area contributed by atoms with Gasteiger partial charge in [-0.05, 0) is 29.7 Å². The molecule has 2 heterocycles. The molecule has 3 aromatic rings. The number of aromatic amines is 1. The number of carbonyl (C=O) groups is 1. The van der Waals surface area contributed by atoms with Gasteiger partial charge in [0.15, 0.2) is 5.16 Å². The van der Waals surface area contributed by atoms with E-state index in [9.17, 15) is 23.9 Å². The fourth-order valence-electron chi connectivity index (χ4n) is 3.01. The molecule has 1 aromatic carbocycles. The number of aromatic nitrogens is 4. The Labute approximate surface area is 174 Å². The molecule has 2 N–H and O–H groups in total. The lowest BCUT2D eigenvalue weighted by molar-refractivity contribution is -0.137. The Morgan fingerprint density at radius 1 is 1.30 bits per heavy atom. The predicted octanol–water partition coefficient (Wildman–Crippen LogP) is 2.38. The van der Waals surface area contributed by atoms with Crippen molar-refractivity contribution in [1.29, 1.82) is 0 Å². The standard InChI is InChI=1S/C20H19FN4O4S/c1-2-15(13-7-22-19(29)23-8-13)16-9-25(10-17(26)27)20(24-18(16)28)30-11-12-3-5-14(21)6-4-12/h3-9,15H,2,10-11H2,1H3,(H,26,27)(H,22,23,29). The number of H-pyrrole nitrogens is 1. The van der Waals surface area contributed by atoms with E-state index >= 15 is 0 Å². The molecule has 1 unspecified atom stereocenters. The van der Waals surface area contributed by atoms with Crippen LogP contribution in [0.25, 0.3) is 0 Å². The van der Waals surface area contributed by atoms with Gasteiger partial charge in [0.1, 0.15) is 12.4 Å². The molecule has 156 valence electrons. The number of thioether (sulfide) groups is 1. The van der Waals surface area contributed by atoms with E-state index in [1.165, 1.54) is 47.1 Å². The van der Waals surface area contributed by atoms with E-state index in [1.54, 1.807) is 12.1 Å². The number of benzene rings is 1. The van der Waals surface area contributed by atoms with Crippen LogP contribution in [0.2, 0.25) is 0 Å². The Balaban J connectivity index is 1.96. The Morgan fingerprint density at radius 2 is 2.03 bits per heavy atom. The van der Waals surface area contributed by atoms with Gasteiger partial charge in [-0.15, -0.1) is 0 Å². The van der Waals surface area contributed by atoms with Crippen molar-refractivity contribution in [2.75, 3.05) is 0 Å². The summed E-state index contributed by atoms with van der Waals surface area (Å²) in [5, 5.41) is 9.54. The number of aliphatic carboxylic acids is 1. The van der Waals surface area contributed by atoms with Crippen LogP contribution in [-0.4, -0.2) is 30.6 Å². The van der Waals surface area contributed by atoms with Crippen molar-refractivity contribution in [3.63, 3.8) is 0 Å². The van der Waals surface area contributed by atoms with Gasteiger partial charge in [0.2, 0.25) is 0 Å². The monoisotopic (exact) mass is 430 g/mol. The van der Waals surface area contributed by atoms with Crippen LogP contribution in [0.1, 0.15) is 36.0 Å². The van der Waals surface area contributed by atoms with Crippen molar-refractivity contribution in [1.82, 2.24) is 19.5 Å². The van der Waals surface area contributed by atoms with Crippen LogP contribution < -0.4 is 11.2 Å². The lowest BCUT2D eigenvalue weighted by atomic mass is 9.93. The molecule has 0 bridgehead atoms. The minimum atomic E-state index is -1.08. The highest BCUT2D eigenvalue weighted by molar-refractivity contribution is 7.98. The summed E-state index contributed by atoms with van der Waals surface area (Å²) in [6.45, 7) is 1.50. The molecule has 0 saturated carbocycles. The third-order valence-corrected chi connectivity index (χ3v) is 5.51. The molecule has 0 aliphatic carbocycles.